The summed E-state index contributed by atoms with van der Waals surface area (Å²) in [5, 5.41) is 7.28. The molecule has 4 heteroatoms. The van der Waals surface area contributed by atoms with E-state index in [0.717, 1.165) is 19.3 Å². The highest BCUT2D eigenvalue weighted by atomic mass is 32.1. The summed E-state index contributed by atoms with van der Waals surface area (Å²) in [5.41, 5.74) is 6.66. The molecule has 1 atom stereocenters. The number of carbonyl (C=O) groups excluding carboxylic acids is 1. The van der Waals surface area contributed by atoms with Crippen molar-refractivity contribution >= 4 is 17.2 Å². The molecule has 1 unspecified atom stereocenters. The molecule has 3 nitrogen and oxygen atoms in total. The Morgan fingerprint density at radius 1 is 1.50 bits per heavy atom. The molecule has 0 aliphatic carbocycles. The molecule has 1 heterocycles. The molecule has 1 rings (SSSR count). The van der Waals surface area contributed by atoms with Crippen LogP contribution in [0.1, 0.15) is 39.2 Å². The molecule has 0 aliphatic heterocycles. The number of hydrogen-bond donors (Lipinski definition) is 2. The number of nitrogens with two attached hydrogens (primary N) is 1. The zero-order valence-electron chi connectivity index (χ0n) is 11.5. The van der Waals surface area contributed by atoms with Crippen LogP contribution in [0.3, 0.4) is 0 Å². The van der Waals surface area contributed by atoms with Gasteiger partial charge in [0.05, 0.1) is 5.41 Å². The van der Waals surface area contributed by atoms with E-state index < -0.39 is 5.41 Å². The van der Waals surface area contributed by atoms with Gasteiger partial charge >= 0.3 is 0 Å². The van der Waals surface area contributed by atoms with E-state index >= 15 is 0 Å². The average Bonchev–Trinajstić information content (AvgIpc) is 2.84. The van der Waals surface area contributed by atoms with Gasteiger partial charge in [-0.05, 0) is 48.6 Å². The SMILES string of the molecule is CCC(CC)(CN)C(=O)NC(C)Cc1ccsc1. The zero-order valence-corrected chi connectivity index (χ0v) is 12.3. The van der Waals surface area contributed by atoms with Crippen molar-refractivity contribution in [3.8, 4) is 0 Å². The molecule has 1 aromatic heterocycles. The summed E-state index contributed by atoms with van der Waals surface area (Å²) >= 11 is 1.69. The predicted octanol–water partition coefficient (Wildman–Crippen LogP) is 2.56. The van der Waals surface area contributed by atoms with E-state index in [-0.39, 0.29) is 11.9 Å². The molecule has 18 heavy (non-hydrogen) atoms. The molecular weight excluding hydrogens is 244 g/mol. The molecule has 102 valence electrons. The predicted molar refractivity (Wildman–Crippen MR) is 77.7 cm³/mol. The van der Waals surface area contributed by atoms with Crippen LogP contribution in [0, 0.1) is 5.41 Å². The summed E-state index contributed by atoms with van der Waals surface area (Å²) in [6, 6.07) is 2.25. The van der Waals surface area contributed by atoms with Crippen molar-refractivity contribution in [1.29, 1.82) is 0 Å². The second kappa shape index (κ2) is 6.90. The van der Waals surface area contributed by atoms with Crippen LogP contribution in [0.2, 0.25) is 0 Å². The monoisotopic (exact) mass is 268 g/mol. The molecule has 0 spiro atoms. The van der Waals surface area contributed by atoms with Crippen LogP contribution in [-0.2, 0) is 11.2 Å². The van der Waals surface area contributed by atoms with Gasteiger partial charge in [0, 0.05) is 12.6 Å². The minimum Gasteiger partial charge on any atom is -0.353 e. The van der Waals surface area contributed by atoms with Crippen molar-refractivity contribution in [2.45, 2.75) is 46.1 Å². The second-order valence-corrected chi connectivity index (χ2v) is 5.68. The van der Waals surface area contributed by atoms with Gasteiger partial charge in [0.1, 0.15) is 0 Å². The number of thiophene rings is 1. The van der Waals surface area contributed by atoms with E-state index in [1.165, 1.54) is 5.56 Å². The third-order valence-corrected chi connectivity index (χ3v) is 4.46. The fraction of sp³-hybridized carbons (Fsp3) is 0.643. The first-order valence-electron chi connectivity index (χ1n) is 6.60. The Morgan fingerprint density at radius 3 is 2.61 bits per heavy atom. The van der Waals surface area contributed by atoms with Gasteiger partial charge in [-0.25, -0.2) is 0 Å². The van der Waals surface area contributed by atoms with Crippen LogP contribution in [-0.4, -0.2) is 18.5 Å². The van der Waals surface area contributed by atoms with Crippen molar-refractivity contribution in [1.82, 2.24) is 5.32 Å². The van der Waals surface area contributed by atoms with Crippen LogP contribution >= 0.6 is 11.3 Å². The van der Waals surface area contributed by atoms with Gasteiger partial charge in [-0.15, -0.1) is 0 Å². The Balaban J connectivity index is 2.57. The summed E-state index contributed by atoms with van der Waals surface area (Å²) in [7, 11) is 0. The molecule has 1 amide bonds. The lowest BCUT2D eigenvalue weighted by molar-refractivity contribution is -0.131. The first kappa shape index (κ1) is 15.2. The molecule has 3 N–H and O–H groups in total. The molecule has 0 aliphatic rings. The van der Waals surface area contributed by atoms with Gasteiger partial charge in [0.2, 0.25) is 5.91 Å². The molecule has 1 aromatic rings. The first-order valence-corrected chi connectivity index (χ1v) is 7.54. The van der Waals surface area contributed by atoms with Gasteiger partial charge < -0.3 is 11.1 Å². The van der Waals surface area contributed by atoms with Crippen molar-refractivity contribution in [3.63, 3.8) is 0 Å². The van der Waals surface area contributed by atoms with Gasteiger partial charge in [0.15, 0.2) is 0 Å². The van der Waals surface area contributed by atoms with E-state index in [0.29, 0.717) is 6.54 Å². The minimum atomic E-state index is -0.400. The fourth-order valence-electron chi connectivity index (χ4n) is 2.14. The van der Waals surface area contributed by atoms with Crippen LogP contribution in [0.5, 0.6) is 0 Å². The molecule has 0 saturated heterocycles. The lowest BCUT2D eigenvalue weighted by atomic mass is 9.81. The number of nitrogens with one attached hydrogen (secondary N) is 1. The molecule has 0 saturated carbocycles. The average molecular weight is 268 g/mol. The fourth-order valence-corrected chi connectivity index (χ4v) is 2.82. The molecule has 0 bridgehead atoms. The summed E-state index contributed by atoms with van der Waals surface area (Å²) in [6.07, 6.45) is 2.46. The highest BCUT2D eigenvalue weighted by molar-refractivity contribution is 7.07. The summed E-state index contributed by atoms with van der Waals surface area (Å²) in [5.74, 6) is 0.0951. The summed E-state index contributed by atoms with van der Waals surface area (Å²) in [6.45, 7) is 6.51. The molecule has 0 fully saturated rings. The van der Waals surface area contributed by atoms with Crippen LogP contribution in [0.25, 0.3) is 0 Å². The third kappa shape index (κ3) is 3.56. The standard InChI is InChI=1S/C14H24N2OS/c1-4-14(5-2,10-15)13(17)16-11(3)8-12-6-7-18-9-12/h6-7,9,11H,4-5,8,10,15H2,1-3H3,(H,16,17). The zero-order chi connectivity index (χ0) is 13.6. The van der Waals surface area contributed by atoms with Gasteiger partial charge in [0.25, 0.3) is 0 Å². The van der Waals surface area contributed by atoms with Crippen molar-refractivity contribution in [2.24, 2.45) is 11.1 Å². The van der Waals surface area contributed by atoms with Gasteiger partial charge in [-0.1, -0.05) is 13.8 Å². The minimum absolute atomic E-state index is 0.0951. The molecule has 0 aromatic carbocycles. The van der Waals surface area contributed by atoms with E-state index in [4.69, 9.17) is 5.73 Å². The topological polar surface area (TPSA) is 55.1 Å². The number of amides is 1. The maximum Gasteiger partial charge on any atom is 0.227 e. The number of rotatable bonds is 7. The Labute approximate surface area is 114 Å². The quantitative estimate of drug-likeness (QED) is 0.798. The van der Waals surface area contributed by atoms with Crippen LogP contribution in [0.15, 0.2) is 16.8 Å². The van der Waals surface area contributed by atoms with Gasteiger partial charge in [-0.2, -0.15) is 11.3 Å². The number of hydrogen-bond acceptors (Lipinski definition) is 3. The van der Waals surface area contributed by atoms with E-state index in [2.05, 4.69) is 22.1 Å². The molecular formula is C14H24N2OS. The lowest BCUT2D eigenvalue weighted by Gasteiger charge is -2.30. The highest BCUT2D eigenvalue weighted by Crippen LogP contribution is 2.25. The lowest BCUT2D eigenvalue weighted by Crippen LogP contribution is -2.48. The Morgan fingerprint density at radius 2 is 2.17 bits per heavy atom. The summed E-state index contributed by atoms with van der Waals surface area (Å²) < 4.78 is 0. The van der Waals surface area contributed by atoms with Crippen LogP contribution in [0.4, 0.5) is 0 Å². The third-order valence-electron chi connectivity index (χ3n) is 3.73. The molecule has 0 radical (unpaired) electrons. The smallest absolute Gasteiger partial charge is 0.227 e. The second-order valence-electron chi connectivity index (χ2n) is 4.90. The van der Waals surface area contributed by atoms with E-state index in [1.54, 1.807) is 11.3 Å². The maximum atomic E-state index is 12.3. The normalized spacial score (nSPS) is 13.3. The Hall–Kier alpha value is -0.870. The van der Waals surface area contributed by atoms with Crippen molar-refractivity contribution < 1.29 is 4.79 Å². The van der Waals surface area contributed by atoms with Gasteiger partial charge in [-0.3, -0.25) is 4.79 Å². The van der Waals surface area contributed by atoms with Crippen LogP contribution < -0.4 is 11.1 Å². The van der Waals surface area contributed by atoms with E-state index in [1.807, 2.05) is 20.8 Å². The Bertz CT molecular complexity index is 350. The maximum absolute atomic E-state index is 12.3. The largest absolute Gasteiger partial charge is 0.353 e. The van der Waals surface area contributed by atoms with Crippen molar-refractivity contribution in [3.05, 3.63) is 22.4 Å². The number of carbonyl (C=O) groups is 1. The highest BCUT2D eigenvalue weighted by Gasteiger charge is 2.33. The van der Waals surface area contributed by atoms with Crippen molar-refractivity contribution in [2.75, 3.05) is 6.54 Å². The Kier molecular flexibility index (Phi) is 5.82. The summed E-state index contributed by atoms with van der Waals surface area (Å²) in [4.78, 5) is 12.3. The van der Waals surface area contributed by atoms with E-state index in [9.17, 15) is 4.79 Å². The first-order chi connectivity index (χ1) is 8.57.